The highest BCUT2D eigenvalue weighted by Crippen LogP contribution is 2.40. The van der Waals surface area contributed by atoms with Crippen LogP contribution >= 0.6 is 0 Å². The monoisotopic (exact) mass is 918 g/mol. The molecule has 0 heteroatoms. The maximum Gasteiger partial charge on any atom is -0.00999 e. The molecule has 0 spiro atoms. The van der Waals surface area contributed by atoms with Gasteiger partial charge in [0.05, 0.1) is 0 Å². The van der Waals surface area contributed by atoms with E-state index in [2.05, 4.69) is 255 Å². The van der Waals surface area contributed by atoms with Crippen molar-refractivity contribution in [2.24, 2.45) is 0 Å². The van der Waals surface area contributed by atoms with Crippen molar-refractivity contribution in [3.8, 4) is 33.4 Å². The largest absolute Gasteiger partial charge is 0.0620 e. The molecule has 0 nitrogen and oxygen atoms in total. The number of hydrogen-bond donors (Lipinski definition) is 0. The fourth-order valence-electron chi connectivity index (χ4n) is 11.7. The average molecular weight is 919 g/mol. The molecule has 342 valence electrons. The Morgan fingerprint density at radius 2 is 0.389 bits per heavy atom. The lowest BCUT2D eigenvalue weighted by Gasteiger charge is -2.14. The lowest BCUT2D eigenvalue weighted by molar-refractivity contribution is 0.965. The molecule has 0 unspecified atom stereocenters. The lowest BCUT2D eigenvalue weighted by atomic mass is 9.90. The summed E-state index contributed by atoms with van der Waals surface area (Å²) < 4.78 is 0. The second-order valence-electron chi connectivity index (χ2n) is 19.8. The van der Waals surface area contributed by atoms with Crippen LogP contribution in [0.2, 0.25) is 0 Å². The molecule has 0 saturated carbocycles. The van der Waals surface area contributed by atoms with Crippen molar-refractivity contribution in [3.05, 3.63) is 320 Å². The van der Waals surface area contributed by atoms with E-state index in [1.165, 1.54) is 134 Å². The summed E-state index contributed by atoms with van der Waals surface area (Å²) in [4.78, 5) is 0. The Hall–Kier alpha value is -8.58. The van der Waals surface area contributed by atoms with Crippen molar-refractivity contribution in [2.75, 3.05) is 0 Å². The van der Waals surface area contributed by atoms with Gasteiger partial charge in [-0.25, -0.2) is 0 Å². The fraction of sp³-hybridized carbons (Fsp3) is 0.0833. The molecule has 0 fully saturated rings. The molecule has 0 N–H and O–H groups in total. The van der Waals surface area contributed by atoms with E-state index in [0.29, 0.717) is 0 Å². The van der Waals surface area contributed by atoms with Crippen molar-refractivity contribution >= 4 is 34.9 Å². The van der Waals surface area contributed by atoms with Gasteiger partial charge in [-0.05, 0) is 209 Å². The Balaban J connectivity index is 0.888. The number of aryl methyl sites for hydroxylation is 6. The smallest absolute Gasteiger partial charge is 0.00999 e. The van der Waals surface area contributed by atoms with Crippen LogP contribution in [0.1, 0.15) is 83.5 Å². The Bertz CT molecular complexity index is 3200. The summed E-state index contributed by atoms with van der Waals surface area (Å²) in [5.41, 5.74) is 31.2. The van der Waals surface area contributed by atoms with Gasteiger partial charge in [0.2, 0.25) is 0 Å². The summed E-state index contributed by atoms with van der Waals surface area (Å²) in [5, 5.41) is 0. The number of benzene rings is 10. The molecule has 0 aromatic heterocycles. The summed E-state index contributed by atoms with van der Waals surface area (Å²) >= 11 is 0. The number of hydrogen-bond acceptors (Lipinski definition) is 0. The molecule has 0 aliphatic heterocycles. The van der Waals surface area contributed by atoms with Crippen molar-refractivity contribution < 1.29 is 0 Å². The standard InChI is InChI=1S/C72H54/c1-7-19-64-55(13-1)37-38-56-14-2-8-20-65(56)70(64)43-49-25-31-52(32-26-49)61-46-62(53-33-27-50(28-34-53)44-71-66-21-9-3-15-57(66)39-40-58-16-4-10-22-67(58)71)48-63(47-61)54-35-29-51(30-36-54)45-72-68-23-11-5-17-59(68)41-42-60-18-6-12-24-69(60)72/h1-36,43-48H,37-42H2. The molecule has 0 saturated heterocycles. The zero-order valence-corrected chi connectivity index (χ0v) is 40.5. The van der Waals surface area contributed by atoms with E-state index in [0.717, 1.165) is 38.5 Å². The van der Waals surface area contributed by atoms with Gasteiger partial charge in [0.25, 0.3) is 0 Å². The van der Waals surface area contributed by atoms with Crippen molar-refractivity contribution in [1.82, 2.24) is 0 Å². The molecule has 0 bridgehead atoms. The molecule has 10 aromatic rings. The third-order valence-corrected chi connectivity index (χ3v) is 15.4. The van der Waals surface area contributed by atoms with Gasteiger partial charge >= 0.3 is 0 Å². The molecule has 10 aromatic carbocycles. The van der Waals surface area contributed by atoms with Gasteiger partial charge in [-0.1, -0.05) is 218 Å². The second-order valence-corrected chi connectivity index (χ2v) is 19.8. The highest BCUT2D eigenvalue weighted by Gasteiger charge is 2.21. The van der Waals surface area contributed by atoms with Gasteiger partial charge in [-0.2, -0.15) is 0 Å². The maximum absolute atomic E-state index is 2.39. The zero-order chi connectivity index (χ0) is 47.8. The van der Waals surface area contributed by atoms with Crippen molar-refractivity contribution in [3.63, 3.8) is 0 Å². The predicted octanol–water partition coefficient (Wildman–Crippen LogP) is 17.8. The van der Waals surface area contributed by atoms with E-state index >= 15 is 0 Å². The number of fused-ring (bicyclic) bond motifs is 6. The molecule has 13 rings (SSSR count). The van der Waals surface area contributed by atoms with Gasteiger partial charge in [0, 0.05) is 0 Å². The van der Waals surface area contributed by atoms with E-state index in [1.54, 1.807) is 0 Å². The van der Waals surface area contributed by atoms with Crippen LogP contribution in [0.15, 0.2) is 237 Å². The van der Waals surface area contributed by atoms with E-state index in [9.17, 15) is 0 Å². The van der Waals surface area contributed by atoms with Gasteiger partial charge < -0.3 is 0 Å². The average Bonchev–Trinajstić information content (AvgIpc) is 3.78. The minimum Gasteiger partial charge on any atom is -0.0620 e. The highest BCUT2D eigenvalue weighted by molar-refractivity contribution is 5.97. The Kier molecular flexibility index (Phi) is 11.4. The topological polar surface area (TPSA) is 0 Å². The summed E-state index contributed by atoms with van der Waals surface area (Å²) in [5.74, 6) is 0. The van der Waals surface area contributed by atoms with Crippen LogP contribution in [-0.2, 0) is 38.5 Å². The first kappa shape index (κ1) is 43.4. The van der Waals surface area contributed by atoms with Gasteiger partial charge in [0.1, 0.15) is 0 Å². The SMILES string of the molecule is C(=C1c2ccccc2CCc2ccccc21)c1ccc(-c2cc(-c3ccc(C=C4c5ccccc5CCc5ccccc54)cc3)cc(-c3ccc(C=C4c5ccccc5CCc5ccccc54)cc3)c2)cc1. The molecule has 0 radical (unpaired) electrons. The van der Waals surface area contributed by atoms with Crippen LogP contribution < -0.4 is 0 Å². The summed E-state index contributed by atoms with van der Waals surface area (Å²) in [6.07, 6.45) is 13.5. The molecule has 0 atom stereocenters. The van der Waals surface area contributed by atoms with E-state index in [-0.39, 0.29) is 0 Å². The van der Waals surface area contributed by atoms with Gasteiger partial charge in [0.15, 0.2) is 0 Å². The summed E-state index contributed by atoms with van der Waals surface area (Å²) in [6.45, 7) is 0. The van der Waals surface area contributed by atoms with Gasteiger partial charge in [-0.3, -0.25) is 0 Å². The first-order chi connectivity index (χ1) is 35.6. The van der Waals surface area contributed by atoms with E-state index in [4.69, 9.17) is 0 Å². The van der Waals surface area contributed by atoms with Crippen LogP contribution in [0, 0.1) is 0 Å². The second kappa shape index (κ2) is 19.0. The molecule has 0 heterocycles. The van der Waals surface area contributed by atoms with E-state index in [1.807, 2.05) is 0 Å². The van der Waals surface area contributed by atoms with Crippen LogP contribution in [0.5, 0.6) is 0 Å². The first-order valence-corrected chi connectivity index (χ1v) is 25.8. The Morgan fingerprint density at radius 3 is 0.597 bits per heavy atom. The van der Waals surface area contributed by atoms with Crippen LogP contribution in [0.4, 0.5) is 0 Å². The minimum atomic E-state index is 1.05. The summed E-state index contributed by atoms with van der Waals surface area (Å²) in [7, 11) is 0. The fourth-order valence-corrected chi connectivity index (χ4v) is 11.7. The predicted molar refractivity (Wildman–Crippen MR) is 305 cm³/mol. The van der Waals surface area contributed by atoms with Crippen molar-refractivity contribution in [2.45, 2.75) is 38.5 Å². The molecule has 0 amide bonds. The normalized spacial score (nSPS) is 13.4. The third kappa shape index (κ3) is 8.50. The Labute approximate surface area is 424 Å². The lowest BCUT2D eigenvalue weighted by Crippen LogP contribution is -1.92. The third-order valence-electron chi connectivity index (χ3n) is 15.4. The molecule has 3 aliphatic carbocycles. The zero-order valence-electron chi connectivity index (χ0n) is 40.5. The first-order valence-electron chi connectivity index (χ1n) is 25.8. The van der Waals surface area contributed by atoms with Crippen LogP contribution in [0.25, 0.3) is 68.3 Å². The van der Waals surface area contributed by atoms with Gasteiger partial charge in [-0.15, -0.1) is 0 Å². The minimum absolute atomic E-state index is 1.05. The maximum atomic E-state index is 2.39. The van der Waals surface area contributed by atoms with E-state index < -0.39 is 0 Å². The number of rotatable bonds is 6. The summed E-state index contributed by atoms with van der Waals surface area (Å²) in [6, 6.07) is 88.4. The quantitative estimate of drug-likeness (QED) is 0.156. The molecule has 72 heavy (non-hydrogen) atoms. The molecular formula is C72H54. The van der Waals surface area contributed by atoms with Crippen LogP contribution in [0.3, 0.4) is 0 Å². The van der Waals surface area contributed by atoms with Crippen molar-refractivity contribution in [1.29, 1.82) is 0 Å². The molecular weight excluding hydrogens is 865 g/mol. The van der Waals surface area contributed by atoms with Crippen LogP contribution in [-0.4, -0.2) is 0 Å². The molecule has 3 aliphatic rings. The highest BCUT2D eigenvalue weighted by atomic mass is 14.2. The Morgan fingerprint density at radius 1 is 0.194 bits per heavy atom.